The van der Waals surface area contributed by atoms with Crippen molar-refractivity contribution < 1.29 is 18.3 Å². The van der Waals surface area contributed by atoms with Gasteiger partial charge < -0.3 is 5.11 Å². The molecule has 1 aromatic heterocycles. The summed E-state index contributed by atoms with van der Waals surface area (Å²) in [6, 6.07) is 1.78. The van der Waals surface area contributed by atoms with E-state index in [1.165, 1.54) is 25.2 Å². The Morgan fingerprint density at radius 1 is 1.45 bits per heavy atom. The predicted octanol–water partition coefficient (Wildman–Crippen LogP) is 0.933. The van der Waals surface area contributed by atoms with Crippen LogP contribution in [-0.2, 0) is 21.4 Å². The van der Waals surface area contributed by atoms with Gasteiger partial charge in [0.15, 0.2) is 4.75 Å². The van der Waals surface area contributed by atoms with Gasteiger partial charge in [0.2, 0.25) is 0 Å². The molecule has 1 aliphatic rings. The van der Waals surface area contributed by atoms with Crippen LogP contribution < -0.4 is 0 Å². The Hall–Kier alpha value is -1.36. The van der Waals surface area contributed by atoms with Crippen LogP contribution in [0.1, 0.15) is 30.7 Å². The zero-order chi connectivity index (χ0) is 15.0. The third-order valence-corrected chi connectivity index (χ3v) is 6.41. The van der Waals surface area contributed by atoms with E-state index in [9.17, 15) is 13.2 Å². The maximum Gasteiger partial charge on any atom is 0.259 e. The smallest absolute Gasteiger partial charge is 0.259 e. The lowest BCUT2D eigenvalue weighted by Gasteiger charge is -2.42. The van der Waals surface area contributed by atoms with Gasteiger partial charge in [-0.05, 0) is 25.3 Å². The van der Waals surface area contributed by atoms with Crippen molar-refractivity contribution in [1.29, 1.82) is 0 Å². The van der Waals surface area contributed by atoms with Crippen molar-refractivity contribution in [2.24, 2.45) is 0 Å². The molecule has 7 heteroatoms. The van der Waals surface area contributed by atoms with E-state index in [0.717, 1.165) is 9.18 Å². The Bertz CT molecular complexity index is 691. The fraction of sp³-hybridized carbons (Fsp3) is 0.462. The maximum absolute atomic E-state index is 12.0. The summed E-state index contributed by atoms with van der Waals surface area (Å²) < 4.78 is 23.6. The Kier molecular flexibility index (Phi) is 3.91. The zero-order valence-electron chi connectivity index (χ0n) is 11.2. The van der Waals surface area contributed by atoms with Crippen LogP contribution in [0.5, 0.6) is 0 Å². The molecule has 1 amide bonds. The van der Waals surface area contributed by atoms with Crippen molar-refractivity contribution in [3.63, 3.8) is 0 Å². The largest absolute Gasteiger partial charge is 0.395 e. The van der Waals surface area contributed by atoms with Gasteiger partial charge in [-0.3, -0.25) is 4.79 Å². The standard InChI is InChI=1S/C13H15NO4S2/c1-13(2)12(16)14(20(13,17)18)9-11-10(6-8-19-11)5-3-4-7-15/h6,8,15H,4,7,9H2,1-2H3. The van der Waals surface area contributed by atoms with E-state index in [2.05, 4.69) is 11.8 Å². The van der Waals surface area contributed by atoms with Gasteiger partial charge in [0, 0.05) is 16.9 Å². The summed E-state index contributed by atoms with van der Waals surface area (Å²) in [7, 11) is -3.57. The summed E-state index contributed by atoms with van der Waals surface area (Å²) in [5.41, 5.74) is 0.705. The molecule has 0 bridgehead atoms. The number of aliphatic hydroxyl groups is 1. The summed E-state index contributed by atoms with van der Waals surface area (Å²) in [6.07, 6.45) is 0.364. The predicted molar refractivity (Wildman–Crippen MR) is 76.4 cm³/mol. The third kappa shape index (κ3) is 2.24. The highest BCUT2D eigenvalue weighted by Crippen LogP contribution is 2.37. The number of hydrogen-bond acceptors (Lipinski definition) is 5. The van der Waals surface area contributed by atoms with Crippen molar-refractivity contribution in [2.75, 3.05) is 6.61 Å². The summed E-state index contributed by atoms with van der Waals surface area (Å²) in [6.45, 7) is 2.85. The van der Waals surface area contributed by atoms with Crippen LogP contribution in [0.15, 0.2) is 11.4 Å². The van der Waals surface area contributed by atoms with E-state index in [1.807, 2.05) is 0 Å². The van der Waals surface area contributed by atoms with E-state index in [0.29, 0.717) is 12.0 Å². The van der Waals surface area contributed by atoms with Crippen LogP contribution in [-0.4, -0.2) is 35.1 Å². The second-order valence-electron chi connectivity index (χ2n) is 4.86. The van der Waals surface area contributed by atoms with Crippen molar-refractivity contribution in [2.45, 2.75) is 31.6 Å². The molecule has 0 radical (unpaired) electrons. The first-order chi connectivity index (χ1) is 9.32. The summed E-state index contributed by atoms with van der Waals surface area (Å²) in [5.74, 6) is 5.28. The summed E-state index contributed by atoms with van der Waals surface area (Å²) >= 11 is 1.36. The Balaban J connectivity index is 2.20. The average molecular weight is 313 g/mol. The molecule has 20 heavy (non-hydrogen) atoms. The molecule has 1 aromatic rings. The molecule has 0 spiro atoms. The number of amides is 1. The minimum atomic E-state index is -3.57. The second kappa shape index (κ2) is 5.20. The first-order valence-electron chi connectivity index (χ1n) is 6.05. The number of thiophene rings is 1. The zero-order valence-corrected chi connectivity index (χ0v) is 12.8. The van der Waals surface area contributed by atoms with Crippen LogP contribution in [0.25, 0.3) is 0 Å². The van der Waals surface area contributed by atoms with Crippen LogP contribution in [0.3, 0.4) is 0 Å². The van der Waals surface area contributed by atoms with Crippen molar-refractivity contribution >= 4 is 27.3 Å². The highest BCUT2D eigenvalue weighted by molar-refractivity contribution is 7.94. The molecule has 1 aliphatic heterocycles. The van der Waals surface area contributed by atoms with E-state index >= 15 is 0 Å². The topological polar surface area (TPSA) is 74.7 Å². The molecule has 0 aliphatic carbocycles. The van der Waals surface area contributed by atoms with Crippen LogP contribution in [0, 0.1) is 11.8 Å². The molecular weight excluding hydrogens is 298 g/mol. The number of aliphatic hydroxyl groups excluding tert-OH is 1. The van der Waals surface area contributed by atoms with Crippen LogP contribution >= 0.6 is 11.3 Å². The van der Waals surface area contributed by atoms with Crippen molar-refractivity contribution in [1.82, 2.24) is 4.31 Å². The van der Waals surface area contributed by atoms with E-state index < -0.39 is 14.8 Å². The third-order valence-electron chi connectivity index (χ3n) is 3.17. The Labute approximate surface area is 122 Å². The van der Waals surface area contributed by atoms with Gasteiger partial charge >= 0.3 is 0 Å². The molecule has 2 rings (SSSR count). The summed E-state index contributed by atoms with van der Waals surface area (Å²) in [5, 5.41) is 10.5. The highest BCUT2D eigenvalue weighted by atomic mass is 32.2. The molecule has 0 atom stereocenters. The lowest BCUT2D eigenvalue weighted by atomic mass is 10.1. The van der Waals surface area contributed by atoms with Gasteiger partial charge in [0.05, 0.1) is 13.2 Å². The number of carbonyl (C=O) groups excluding carboxylic acids is 1. The van der Waals surface area contributed by atoms with E-state index in [4.69, 9.17) is 5.11 Å². The average Bonchev–Trinajstić information content (AvgIpc) is 2.82. The van der Waals surface area contributed by atoms with Gasteiger partial charge in [-0.15, -0.1) is 11.3 Å². The molecule has 1 N–H and O–H groups in total. The molecule has 0 unspecified atom stereocenters. The SMILES string of the molecule is CC1(C)C(=O)N(Cc2sccc2C#CCCO)S1(=O)=O. The van der Waals surface area contributed by atoms with E-state index in [-0.39, 0.29) is 19.1 Å². The Morgan fingerprint density at radius 3 is 2.75 bits per heavy atom. The molecule has 108 valence electrons. The molecular formula is C13H15NO4S2. The fourth-order valence-corrected chi connectivity index (χ4v) is 4.23. The number of hydrogen-bond donors (Lipinski definition) is 1. The van der Waals surface area contributed by atoms with Gasteiger partial charge in [-0.2, -0.15) is 0 Å². The minimum absolute atomic E-state index is 0.0142. The lowest BCUT2D eigenvalue weighted by molar-refractivity contribution is -0.132. The number of rotatable bonds is 3. The summed E-state index contributed by atoms with van der Waals surface area (Å²) in [4.78, 5) is 12.6. The number of nitrogens with zero attached hydrogens (tertiary/aromatic N) is 1. The molecule has 1 fully saturated rings. The Morgan fingerprint density at radius 2 is 2.15 bits per heavy atom. The maximum atomic E-state index is 12.0. The van der Waals surface area contributed by atoms with Crippen LogP contribution in [0.2, 0.25) is 0 Å². The fourth-order valence-electron chi connectivity index (χ4n) is 1.83. The molecule has 2 heterocycles. The monoisotopic (exact) mass is 313 g/mol. The first kappa shape index (κ1) is 15.0. The van der Waals surface area contributed by atoms with Gasteiger partial charge in [0.1, 0.15) is 0 Å². The molecule has 0 aromatic carbocycles. The van der Waals surface area contributed by atoms with Gasteiger partial charge in [-0.25, -0.2) is 12.7 Å². The van der Waals surface area contributed by atoms with Crippen molar-refractivity contribution in [3.05, 3.63) is 21.9 Å². The molecule has 1 saturated heterocycles. The van der Waals surface area contributed by atoms with Crippen molar-refractivity contribution in [3.8, 4) is 11.8 Å². The van der Waals surface area contributed by atoms with Gasteiger partial charge in [-0.1, -0.05) is 11.8 Å². The normalized spacial score (nSPS) is 19.1. The van der Waals surface area contributed by atoms with E-state index in [1.54, 1.807) is 11.4 Å². The molecule has 5 nitrogen and oxygen atoms in total. The quantitative estimate of drug-likeness (QED) is 0.843. The molecule has 0 saturated carbocycles. The number of sulfonamides is 1. The first-order valence-corrected chi connectivity index (χ1v) is 8.37. The lowest BCUT2D eigenvalue weighted by Crippen LogP contribution is -2.66. The number of carbonyl (C=O) groups is 1. The second-order valence-corrected chi connectivity index (χ2v) is 8.27. The van der Waals surface area contributed by atoms with Gasteiger partial charge in [0.25, 0.3) is 15.9 Å². The van der Waals surface area contributed by atoms with Crippen LogP contribution in [0.4, 0.5) is 0 Å². The minimum Gasteiger partial charge on any atom is -0.395 e. The highest BCUT2D eigenvalue weighted by Gasteiger charge is 2.60.